The number of hydrogen-bond acceptors (Lipinski definition) is 0. The third kappa shape index (κ3) is 5.94. The summed E-state index contributed by atoms with van der Waals surface area (Å²) in [7, 11) is -3.07. The topological polar surface area (TPSA) is 14.8 Å². The molecule has 11 aromatic carbocycles. The molecule has 70 heavy (non-hydrogen) atoms. The van der Waals surface area contributed by atoms with E-state index in [9.17, 15) is 0 Å². The van der Waals surface area contributed by atoms with E-state index >= 15 is 0 Å². The molecule has 3 nitrogen and oxygen atoms in total. The number of nitrogens with zero attached hydrogens (tertiary/aromatic N) is 3. The Labute approximate surface area is 407 Å². The highest BCUT2D eigenvalue weighted by molar-refractivity contribution is 7.20. The van der Waals surface area contributed by atoms with Crippen molar-refractivity contribution in [3.05, 3.63) is 273 Å². The lowest BCUT2D eigenvalue weighted by Crippen LogP contribution is -2.75. The predicted octanol–water partition coefficient (Wildman–Crippen LogP) is 14.0. The monoisotopic (exact) mass is 907 g/mol. The van der Waals surface area contributed by atoms with Crippen molar-refractivity contribution >= 4 is 94.2 Å². The van der Waals surface area contributed by atoms with Crippen LogP contribution < -0.4 is 20.7 Å². The first-order valence-electron chi connectivity index (χ1n) is 24.2. The van der Waals surface area contributed by atoms with Gasteiger partial charge in [0.15, 0.2) is 8.07 Å². The molecule has 0 atom stereocenters. The largest absolute Gasteiger partial charge is 0.309 e. The molecule has 0 saturated carbocycles. The lowest BCUT2D eigenvalue weighted by molar-refractivity contribution is 1.16. The number of hydrogen-bond donors (Lipinski definition) is 0. The minimum absolute atomic E-state index is 1.12. The zero-order valence-corrected chi connectivity index (χ0v) is 39.3. The van der Waals surface area contributed by atoms with Gasteiger partial charge in [0, 0.05) is 43.7 Å². The van der Waals surface area contributed by atoms with Crippen molar-refractivity contribution in [1.29, 1.82) is 0 Å². The summed E-state index contributed by atoms with van der Waals surface area (Å²) in [4.78, 5) is 0. The number of para-hydroxylation sites is 4. The van der Waals surface area contributed by atoms with Crippen molar-refractivity contribution < 1.29 is 0 Å². The van der Waals surface area contributed by atoms with Crippen molar-refractivity contribution in [2.24, 2.45) is 0 Å². The van der Waals surface area contributed by atoms with E-state index in [1.807, 2.05) is 0 Å². The molecule has 0 aliphatic rings. The van der Waals surface area contributed by atoms with E-state index in [1.54, 1.807) is 0 Å². The van der Waals surface area contributed by atoms with Crippen LogP contribution in [0.15, 0.2) is 273 Å². The van der Waals surface area contributed by atoms with Gasteiger partial charge in [-0.2, -0.15) is 0 Å². The second-order valence-electron chi connectivity index (χ2n) is 18.4. The van der Waals surface area contributed by atoms with Gasteiger partial charge in [0.05, 0.1) is 38.8 Å². The van der Waals surface area contributed by atoms with E-state index in [1.165, 1.54) is 91.8 Å². The Morgan fingerprint density at radius 1 is 0.257 bits per heavy atom. The standard InChI is InChI=1S/C66H45N3Si/c1-5-22-46(23-6-1)47-24-19-25-48(44-47)67-58-36-16-15-34-55(58)57-45-49(42-43-61(57)67)68-62-39-21-40-63(69-59-37-17-13-32-53(59)54-33-14-18-38-60(54)69)65(62)56-35-20-41-64(66(56)68)70(50-26-7-2-8-27-50,51-28-9-3-10-29-51)52-30-11-4-12-31-52/h1-45H. The first kappa shape index (κ1) is 40.1. The van der Waals surface area contributed by atoms with Gasteiger partial charge in [-0.25, -0.2) is 0 Å². The van der Waals surface area contributed by atoms with E-state index in [0.717, 1.165) is 22.6 Å². The molecule has 0 unspecified atom stereocenters. The summed E-state index contributed by atoms with van der Waals surface area (Å²) in [5.41, 5.74) is 13.0. The third-order valence-electron chi connectivity index (χ3n) is 14.8. The molecule has 328 valence electrons. The summed E-state index contributed by atoms with van der Waals surface area (Å²) in [5.74, 6) is 0. The fourth-order valence-electron chi connectivity index (χ4n) is 11.9. The van der Waals surface area contributed by atoms with Gasteiger partial charge in [-0.3, -0.25) is 0 Å². The maximum absolute atomic E-state index is 3.07. The van der Waals surface area contributed by atoms with Gasteiger partial charge in [-0.1, -0.05) is 212 Å². The van der Waals surface area contributed by atoms with Crippen molar-refractivity contribution in [3.63, 3.8) is 0 Å². The lowest BCUT2D eigenvalue weighted by atomic mass is 10.1. The van der Waals surface area contributed by atoms with Gasteiger partial charge in [0.2, 0.25) is 0 Å². The van der Waals surface area contributed by atoms with Gasteiger partial charge in [0.1, 0.15) is 0 Å². The van der Waals surface area contributed by atoms with Crippen LogP contribution in [0.3, 0.4) is 0 Å². The van der Waals surface area contributed by atoms with Crippen LogP contribution in [0.1, 0.15) is 0 Å². The second-order valence-corrected chi connectivity index (χ2v) is 22.2. The van der Waals surface area contributed by atoms with Gasteiger partial charge in [0.25, 0.3) is 0 Å². The van der Waals surface area contributed by atoms with Crippen LogP contribution in [0, 0.1) is 0 Å². The van der Waals surface area contributed by atoms with Crippen LogP contribution in [0.25, 0.3) is 93.6 Å². The van der Waals surface area contributed by atoms with E-state index in [-0.39, 0.29) is 0 Å². The molecule has 0 amide bonds. The minimum Gasteiger partial charge on any atom is -0.309 e. The third-order valence-corrected chi connectivity index (χ3v) is 19.6. The van der Waals surface area contributed by atoms with Crippen LogP contribution >= 0.6 is 0 Å². The van der Waals surface area contributed by atoms with Crippen LogP contribution in [0.4, 0.5) is 0 Å². The summed E-state index contributed by atoms with van der Waals surface area (Å²) in [6, 6.07) is 101. The molecular formula is C66H45N3Si. The molecule has 3 aromatic heterocycles. The van der Waals surface area contributed by atoms with Crippen molar-refractivity contribution in [3.8, 4) is 28.2 Å². The fourth-order valence-corrected chi connectivity index (χ4v) is 16.9. The molecule has 14 rings (SSSR count). The zero-order valence-electron chi connectivity index (χ0n) is 38.3. The number of fused-ring (bicyclic) bond motifs is 9. The Morgan fingerprint density at radius 3 is 1.31 bits per heavy atom. The SMILES string of the molecule is c1ccc(-c2cccc(-n3c4ccccc4c4cc(-n5c6cccc(-n7c8ccccc8c8ccccc87)c6c6cccc([Si](c7ccccc7)(c7ccccc7)c7ccccc7)c65)ccc43)c2)cc1. The summed E-state index contributed by atoms with van der Waals surface area (Å²) in [5, 5.41) is 12.8. The Morgan fingerprint density at radius 2 is 0.700 bits per heavy atom. The minimum atomic E-state index is -3.07. The highest BCUT2D eigenvalue weighted by atomic mass is 28.3. The van der Waals surface area contributed by atoms with Gasteiger partial charge < -0.3 is 13.7 Å². The molecule has 4 heteroatoms. The molecule has 0 fully saturated rings. The van der Waals surface area contributed by atoms with E-state index in [4.69, 9.17) is 0 Å². The molecule has 14 aromatic rings. The van der Waals surface area contributed by atoms with Crippen molar-refractivity contribution in [1.82, 2.24) is 13.7 Å². The predicted molar refractivity (Wildman–Crippen MR) is 299 cm³/mol. The lowest BCUT2D eigenvalue weighted by Gasteiger charge is -2.35. The highest BCUT2D eigenvalue weighted by Crippen LogP contribution is 2.42. The molecule has 0 saturated heterocycles. The molecular weight excluding hydrogens is 863 g/mol. The van der Waals surface area contributed by atoms with Crippen molar-refractivity contribution in [2.45, 2.75) is 0 Å². The molecule has 0 aliphatic carbocycles. The normalized spacial score (nSPS) is 12.0. The summed E-state index contributed by atoms with van der Waals surface area (Å²) in [6.07, 6.45) is 0. The molecule has 0 radical (unpaired) electrons. The van der Waals surface area contributed by atoms with Crippen molar-refractivity contribution in [2.75, 3.05) is 0 Å². The molecule has 0 spiro atoms. The molecule has 0 aliphatic heterocycles. The second kappa shape index (κ2) is 16.1. The first-order chi connectivity index (χ1) is 34.8. The Hall–Kier alpha value is -8.96. The smallest absolute Gasteiger partial charge is 0.181 e. The van der Waals surface area contributed by atoms with Gasteiger partial charge >= 0.3 is 0 Å². The van der Waals surface area contributed by atoms with Crippen LogP contribution in [0.5, 0.6) is 0 Å². The maximum atomic E-state index is 2.61. The summed E-state index contributed by atoms with van der Waals surface area (Å²) in [6.45, 7) is 0. The number of rotatable bonds is 8. The van der Waals surface area contributed by atoms with Gasteiger partial charge in [-0.15, -0.1) is 0 Å². The van der Waals surface area contributed by atoms with Crippen LogP contribution in [-0.4, -0.2) is 21.8 Å². The Bertz CT molecular complexity index is 4130. The highest BCUT2D eigenvalue weighted by Gasteiger charge is 2.43. The zero-order chi connectivity index (χ0) is 46.2. The molecule has 3 heterocycles. The summed E-state index contributed by atoms with van der Waals surface area (Å²) < 4.78 is 7.55. The maximum Gasteiger partial charge on any atom is 0.181 e. The Balaban J connectivity index is 1.13. The average Bonchev–Trinajstić information content (AvgIpc) is 4.09. The van der Waals surface area contributed by atoms with E-state index in [2.05, 4.69) is 287 Å². The molecule has 0 N–H and O–H groups in total. The fraction of sp³-hybridized carbons (Fsp3) is 0. The van der Waals surface area contributed by atoms with Crippen LogP contribution in [0.2, 0.25) is 0 Å². The van der Waals surface area contributed by atoms with Crippen LogP contribution in [-0.2, 0) is 0 Å². The van der Waals surface area contributed by atoms with Gasteiger partial charge in [-0.05, 0) is 92.5 Å². The van der Waals surface area contributed by atoms with E-state index in [0.29, 0.717) is 0 Å². The number of benzene rings is 11. The molecule has 0 bridgehead atoms. The summed E-state index contributed by atoms with van der Waals surface area (Å²) >= 11 is 0. The quantitative estimate of drug-likeness (QED) is 0.107. The number of aromatic nitrogens is 3. The first-order valence-corrected chi connectivity index (χ1v) is 26.2. The van der Waals surface area contributed by atoms with E-state index < -0.39 is 8.07 Å². The Kier molecular flexibility index (Phi) is 9.23. The average molecular weight is 908 g/mol.